The van der Waals surface area contributed by atoms with E-state index in [1.54, 1.807) is 37.3 Å². The fraction of sp³-hybridized carbons (Fsp3) is 0.381. The molecular weight excluding hydrogens is 436 g/mol. The molecule has 1 aliphatic heterocycles. The zero-order chi connectivity index (χ0) is 22.6. The van der Waals surface area contributed by atoms with E-state index >= 15 is 0 Å². The molecule has 1 N–H and O–H groups in total. The van der Waals surface area contributed by atoms with Crippen molar-refractivity contribution in [1.82, 2.24) is 14.2 Å². The van der Waals surface area contributed by atoms with Crippen molar-refractivity contribution >= 4 is 39.2 Å². The van der Waals surface area contributed by atoms with Gasteiger partial charge in [0.25, 0.3) is 0 Å². The van der Waals surface area contributed by atoms with E-state index in [2.05, 4.69) is 15.2 Å². The predicted molar refractivity (Wildman–Crippen MR) is 121 cm³/mol. The summed E-state index contributed by atoms with van der Waals surface area (Å²) in [6.45, 7) is 5.52. The lowest BCUT2D eigenvalue weighted by atomic mass is 10.1. The highest BCUT2D eigenvalue weighted by Crippen LogP contribution is 2.25. The summed E-state index contributed by atoms with van der Waals surface area (Å²) < 4.78 is 27.0. The van der Waals surface area contributed by atoms with Crippen molar-refractivity contribution in [3.63, 3.8) is 0 Å². The third kappa shape index (κ3) is 5.91. The summed E-state index contributed by atoms with van der Waals surface area (Å²) in [5.41, 5.74) is 1.07. The third-order valence-corrected chi connectivity index (χ3v) is 7.95. The molecule has 0 bridgehead atoms. The maximum Gasteiger partial charge on any atom is 0.244 e. The van der Waals surface area contributed by atoms with Gasteiger partial charge in [-0.25, -0.2) is 13.4 Å². The van der Waals surface area contributed by atoms with Crippen LogP contribution in [0.4, 0.5) is 5.69 Å². The van der Waals surface area contributed by atoms with Gasteiger partial charge < -0.3 is 10.2 Å². The molecule has 166 valence electrons. The van der Waals surface area contributed by atoms with E-state index in [4.69, 9.17) is 0 Å². The molecule has 1 saturated heterocycles. The van der Waals surface area contributed by atoms with Crippen LogP contribution in [0.15, 0.2) is 52.5 Å². The van der Waals surface area contributed by atoms with Crippen LogP contribution in [-0.4, -0.2) is 72.8 Å². The van der Waals surface area contributed by atoms with E-state index in [0.717, 1.165) is 0 Å². The van der Waals surface area contributed by atoms with Gasteiger partial charge in [0.15, 0.2) is 5.78 Å². The first kappa shape index (κ1) is 23.4. The van der Waals surface area contributed by atoms with Crippen LogP contribution in [0.1, 0.15) is 24.2 Å². The number of aromatic nitrogens is 1. The van der Waals surface area contributed by atoms with Crippen molar-refractivity contribution in [3.8, 4) is 0 Å². The number of carbonyl (C=O) groups is 2. The number of amides is 1. The molecule has 0 aliphatic carbocycles. The maximum absolute atomic E-state index is 12.8. The molecule has 1 aromatic carbocycles. The zero-order valence-corrected chi connectivity index (χ0v) is 19.4. The minimum Gasteiger partial charge on any atom is -0.325 e. The number of thioether (sulfide) groups is 1. The van der Waals surface area contributed by atoms with Crippen LogP contribution in [0, 0.1) is 0 Å². The van der Waals surface area contributed by atoms with Crippen molar-refractivity contribution < 1.29 is 18.0 Å². The number of hydrogen-bond acceptors (Lipinski definition) is 7. The van der Waals surface area contributed by atoms with Gasteiger partial charge in [0.05, 0.1) is 10.3 Å². The summed E-state index contributed by atoms with van der Waals surface area (Å²) in [6.07, 6.45) is 1.34. The van der Waals surface area contributed by atoms with Gasteiger partial charge in [0.1, 0.15) is 4.90 Å². The molecule has 2 aromatic rings. The van der Waals surface area contributed by atoms with Crippen molar-refractivity contribution in [3.05, 3.63) is 48.2 Å². The number of ketones is 1. The lowest BCUT2D eigenvalue weighted by Crippen LogP contribution is -2.47. The van der Waals surface area contributed by atoms with Crippen LogP contribution in [0.3, 0.4) is 0 Å². The highest BCUT2D eigenvalue weighted by atomic mass is 32.2. The quantitative estimate of drug-likeness (QED) is 0.498. The summed E-state index contributed by atoms with van der Waals surface area (Å²) in [5, 5.41) is 2.88. The second-order valence-electron chi connectivity index (χ2n) is 7.43. The Morgan fingerprint density at radius 2 is 1.84 bits per heavy atom. The van der Waals surface area contributed by atoms with E-state index < -0.39 is 15.3 Å². The van der Waals surface area contributed by atoms with Crippen LogP contribution in [-0.2, 0) is 14.8 Å². The number of hydrogen-bond donors (Lipinski definition) is 1. The minimum absolute atomic E-state index is 0.0747. The van der Waals surface area contributed by atoms with Crippen LogP contribution in [0.25, 0.3) is 0 Å². The van der Waals surface area contributed by atoms with Gasteiger partial charge >= 0.3 is 0 Å². The molecule has 1 amide bonds. The third-order valence-electron chi connectivity index (χ3n) is 5.01. The van der Waals surface area contributed by atoms with Crippen molar-refractivity contribution in [2.24, 2.45) is 0 Å². The molecule has 10 heteroatoms. The summed E-state index contributed by atoms with van der Waals surface area (Å²) in [7, 11) is -1.60. The van der Waals surface area contributed by atoms with Gasteiger partial charge in [-0.3, -0.25) is 9.59 Å². The molecule has 1 aromatic heterocycles. The topological polar surface area (TPSA) is 99.7 Å². The summed E-state index contributed by atoms with van der Waals surface area (Å²) >= 11 is 1.23. The number of sulfonamides is 1. The van der Waals surface area contributed by atoms with Crippen molar-refractivity contribution in [2.75, 3.05) is 38.5 Å². The SMILES string of the molecule is CC(=O)c1cccc(NC(=O)[C@H](C)Sc2ccc(S(=O)(=O)N3CCN(C)CC3)cn2)c1. The number of carbonyl (C=O) groups excluding carboxylic acids is 2. The number of rotatable bonds is 7. The normalized spacial score (nSPS) is 16.6. The lowest BCUT2D eigenvalue weighted by Gasteiger charge is -2.31. The van der Waals surface area contributed by atoms with Crippen molar-refractivity contribution in [2.45, 2.75) is 29.0 Å². The largest absolute Gasteiger partial charge is 0.325 e. The first-order chi connectivity index (χ1) is 14.7. The monoisotopic (exact) mass is 462 g/mol. The smallest absolute Gasteiger partial charge is 0.244 e. The van der Waals surface area contributed by atoms with Gasteiger partial charge in [-0.1, -0.05) is 23.9 Å². The van der Waals surface area contributed by atoms with E-state index in [9.17, 15) is 18.0 Å². The van der Waals surface area contributed by atoms with E-state index in [0.29, 0.717) is 42.5 Å². The molecule has 0 spiro atoms. The molecule has 1 atom stereocenters. The van der Waals surface area contributed by atoms with Gasteiger partial charge in [-0.2, -0.15) is 4.31 Å². The average Bonchev–Trinajstić information content (AvgIpc) is 2.74. The van der Waals surface area contributed by atoms with Crippen LogP contribution in [0.2, 0.25) is 0 Å². The Bertz CT molecular complexity index is 1050. The first-order valence-corrected chi connectivity index (χ1v) is 12.2. The average molecular weight is 463 g/mol. The number of benzene rings is 1. The van der Waals surface area contributed by atoms with E-state index in [1.165, 1.54) is 35.3 Å². The maximum atomic E-state index is 12.8. The molecule has 0 radical (unpaired) electrons. The number of nitrogens with one attached hydrogen (secondary N) is 1. The molecule has 1 aliphatic rings. The molecular formula is C21H26N4O4S2. The molecule has 8 nitrogen and oxygen atoms in total. The molecule has 0 saturated carbocycles. The second kappa shape index (κ2) is 9.90. The molecule has 0 unspecified atom stereocenters. The number of pyridine rings is 1. The fourth-order valence-corrected chi connectivity index (χ4v) is 5.22. The highest BCUT2D eigenvalue weighted by Gasteiger charge is 2.27. The van der Waals surface area contributed by atoms with Crippen molar-refractivity contribution in [1.29, 1.82) is 0 Å². The van der Waals surface area contributed by atoms with Gasteiger partial charge in [0.2, 0.25) is 15.9 Å². The fourth-order valence-electron chi connectivity index (χ4n) is 3.06. The minimum atomic E-state index is -3.57. The Morgan fingerprint density at radius 3 is 2.45 bits per heavy atom. The number of piperazine rings is 1. The Morgan fingerprint density at radius 1 is 1.13 bits per heavy atom. The second-order valence-corrected chi connectivity index (χ2v) is 10.7. The Kier molecular flexibility index (Phi) is 7.47. The Hall–Kier alpha value is -2.27. The number of Topliss-reactive ketones (excluding diaryl/α,β-unsaturated/α-hetero) is 1. The van der Waals surface area contributed by atoms with Gasteiger partial charge in [-0.15, -0.1) is 0 Å². The Labute approximate surface area is 187 Å². The first-order valence-electron chi connectivity index (χ1n) is 9.90. The van der Waals surface area contributed by atoms with E-state index in [-0.39, 0.29) is 16.6 Å². The summed E-state index contributed by atoms with van der Waals surface area (Å²) in [4.78, 5) is 30.5. The highest BCUT2D eigenvalue weighted by molar-refractivity contribution is 8.00. The van der Waals surface area contributed by atoms with Crippen LogP contribution in [0.5, 0.6) is 0 Å². The molecule has 31 heavy (non-hydrogen) atoms. The van der Waals surface area contributed by atoms with Gasteiger partial charge in [-0.05, 0) is 45.2 Å². The summed E-state index contributed by atoms with van der Waals surface area (Å²) in [6, 6.07) is 9.91. The molecule has 3 rings (SSSR count). The summed E-state index contributed by atoms with van der Waals surface area (Å²) in [5.74, 6) is -0.309. The standard InChI is InChI=1S/C21H26N4O4S2/c1-15(26)17-5-4-6-18(13-17)23-21(27)16(2)30-20-8-7-19(14-22-20)31(28,29)25-11-9-24(3)10-12-25/h4-8,13-14,16H,9-12H2,1-3H3,(H,23,27)/t16-/m0/s1. The van der Waals surface area contributed by atoms with Gasteiger partial charge in [0, 0.05) is 43.6 Å². The number of nitrogens with zero attached hydrogens (tertiary/aromatic N) is 3. The molecule has 2 heterocycles. The van der Waals surface area contributed by atoms with Crippen LogP contribution >= 0.6 is 11.8 Å². The number of anilines is 1. The molecule has 1 fully saturated rings. The number of likely N-dealkylation sites (N-methyl/N-ethyl adjacent to an activating group) is 1. The van der Waals surface area contributed by atoms with Crippen LogP contribution < -0.4 is 5.32 Å². The zero-order valence-electron chi connectivity index (χ0n) is 17.7. The lowest BCUT2D eigenvalue weighted by molar-refractivity contribution is -0.115. The van der Waals surface area contributed by atoms with E-state index in [1.807, 2.05) is 7.05 Å². The predicted octanol–water partition coefficient (Wildman–Crippen LogP) is 2.34. The Balaban J connectivity index is 1.62.